The average molecular weight is 329 g/mol. The van der Waals surface area contributed by atoms with Crippen LogP contribution < -0.4 is 0 Å². The molecule has 0 saturated heterocycles. The highest BCUT2D eigenvalue weighted by molar-refractivity contribution is 7.10. The molecule has 0 unspecified atom stereocenters. The van der Waals surface area contributed by atoms with Crippen LogP contribution in [0.15, 0.2) is 48.1 Å². The number of aliphatic hydroxyl groups is 1. The summed E-state index contributed by atoms with van der Waals surface area (Å²) in [6, 6.07) is 8.29. The van der Waals surface area contributed by atoms with Crippen LogP contribution in [0.4, 0.5) is 4.39 Å². The number of carbonyl (C=O) groups is 1. The third-order valence-electron chi connectivity index (χ3n) is 3.19. The molecule has 1 aromatic carbocycles. The third-order valence-corrected chi connectivity index (χ3v) is 4.12. The Bertz CT molecular complexity index is 856. The minimum atomic E-state index is -0.471. The van der Waals surface area contributed by atoms with Gasteiger partial charge in [-0.05, 0) is 17.7 Å². The number of aromatic nitrogens is 3. The number of ketones is 1. The predicted molar refractivity (Wildman–Crippen MR) is 84.8 cm³/mol. The van der Waals surface area contributed by atoms with Gasteiger partial charge in [-0.3, -0.25) is 9.89 Å². The fourth-order valence-electron chi connectivity index (χ4n) is 2.04. The van der Waals surface area contributed by atoms with E-state index in [1.165, 1.54) is 23.7 Å². The molecule has 23 heavy (non-hydrogen) atoms. The largest absolute Gasteiger partial charge is 0.507 e. The topological polar surface area (TPSA) is 78.9 Å². The van der Waals surface area contributed by atoms with E-state index >= 15 is 0 Å². The number of thiophene rings is 1. The fourth-order valence-corrected chi connectivity index (χ4v) is 2.94. The summed E-state index contributed by atoms with van der Waals surface area (Å²) < 4.78 is 13.7. The molecule has 5 nitrogen and oxygen atoms in total. The van der Waals surface area contributed by atoms with Gasteiger partial charge in [0.2, 0.25) is 5.78 Å². The smallest absolute Gasteiger partial charge is 0.226 e. The number of aromatic amines is 1. The van der Waals surface area contributed by atoms with Gasteiger partial charge in [-0.25, -0.2) is 9.37 Å². The molecule has 116 valence electrons. The zero-order valence-corrected chi connectivity index (χ0v) is 12.7. The van der Waals surface area contributed by atoms with Crippen LogP contribution in [-0.4, -0.2) is 26.1 Å². The number of nitrogens with zero attached hydrogens (tertiary/aromatic N) is 2. The van der Waals surface area contributed by atoms with Crippen LogP contribution in [0.1, 0.15) is 26.6 Å². The molecule has 0 aliphatic carbocycles. The highest BCUT2D eigenvalue weighted by Gasteiger charge is 2.11. The highest BCUT2D eigenvalue weighted by atomic mass is 32.1. The Morgan fingerprint density at radius 1 is 1.39 bits per heavy atom. The van der Waals surface area contributed by atoms with E-state index in [9.17, 15) is 14.3 Å². The van der Waals surface area contributed by atoms with Gasteiger partial charge in [-0.15, -0.1) is 11.3 Å². The number of halogens is 1. The molecule has 0 atom stereocenters. The lowest BCUT2D eigenvalue weighted by Gasteiger charge is -2.00. The van der Waals surface area contributed by atoms with E-state index in [-0.39, 0.29) is 17.4 Å². The van der Waals surface area contributed by atoms with Crippen LogP contribution in [0, 0.1) is 5.82 Å². The predicted octanol–water partition coefficient (Wildman–Crippen LogP) is 3.38. The second kappa shape index (κ2) is 6.53. The van der Waals surface area contributed by atoms with Gasteiger partial charge in [0, 0.05) is 28.3 Å². The van der Waals surface area contributed by atoms with Crippen molar-refractivity contribution in [2.24, 2.45) is 0 Å². The molecule has 0 radical (unpaired) electrons. The Labute approximate surface area is 135 Å². The number of nitrogens with one attached hydrogen (secondary N) is 1. The number of hydrogen-bond donors (Lipinski definition) is 2. The zero-order valence-electron chi connectivity index (χ0n) is 11.9. The monoisotopic (exact) mass is 329 g/mol. The maximum Gasteiger partial charge on any atom is 0.226 e. The highest BCUT2D eigenvalue weighted by Crippen LogP contribution is 2.24. The first-order valence-electron chi connectivity index (χ1n) is 6.75. The van der Waals surface area contributed by atoms with Crippen molar-refractivity contribution in [3.8, 4) is 0 Å². The normalized spacial score (nSPS) is 11.6. The first kappa shape index (κ1) is 15.1. The van der Waals surface area contributed by atoms with Gasteiger partial charge in [0.25, 0.3) is 0 Å². The SMILES string of the molecule is O=C(C=C(O)c1csc(Cc2ccccc2F)c1)c1ncn[nH]1. The van der Waals surface area contributed by atoms with E-state index in [0.29, 0.717) is 17.5 Å². The van der Waals surface area contributed by atoms with Crippen molar-refractivity contribution >= 4 is 22.9 Å². The van der Waals surface area contributed by atoms with Crippen molar-refractivity contribution in [2.75, 3.05) is 0 Å². The number of aliphatic hydroxyl groups excluding tert-OH is 1. The van der Waals surface area contributed by atoms with Crippen molar-refractivity contribution in [2.45, 2.75) is 6.42 Å². The van der Waals surface area contributed by atoms with Crippen LogP contribution in [0.25, 0.3) is 5.76 Å². The van der Waals surface area contributed by atoms with Gasteiger partial charge >= 0.3 is 0 Å². The van der Waals surface area contributed by atoms with E-state index in [1.807, 2.05) is 0 Å². The van der Waals surface area contributed by atoms with Gasteiger partial charge in [0.05, 0.1) is 0 Å². The first-order chi connectivity index (χ1) is 11.1. The molecule has 7 heteroatoms. The van der Waals surface area contributed by atoms with Gasteiger partial charge < -0.3 is 5.11 Å². The Morgan fingerprint density at radius 2 is 2.22 bits per heavy atom. The van der Waals surface area contributed by atoms with Gasteiger partial charge in [-0.2, -0.15) is 5.10 Å². The van der Waals surface area contributed by atoms with Gasteiger partial charge in [0.15, 0.2) is 5.82 Å². The molecular weight excluding hydrogens is 317 g/mol. The summed E-state index contributed by atoms with van der Waals surface area (Å²) in [6.45, 7) is 0. The Morgan fingerprint density at radius 3 is 2.96 bits per heavy atom. The minimum absolute atomic E-state index is 0.0540. The molecule has 0 fully saturated rings. The molecule has 3 aromatic rings. The van der Waals surface area contributed by atoms with Crippen molar-refractivity contribution in [3.63, 3.8) is 0 Å². The van der Waals surface area contributed by atoms with E-state index in [0.717, 1.165) is 11.0 Å². The molecule has 0 amide bonds. The second-order valence-corrected chi connectivity index (χ2v) is 5.79. The number of H-pyrrole nitrogens is 1. The van der Waals surface area contributed by atoms with Crippen LogP contribution in [-0.2, 0) is 6.42 Å². The van der Waals surface area contributed by atoms with Crippen LogP contribution >= 0.6 is 11.3 Å². The lowest BCUT2D eigenvalue weighted by Crippen LogP contribution is -1.99. The maximum absolute atomic E-state index is 13.7. The number of hydrogen-bond acceptors (Lipinski definition) is 5. The average Bonchev–Trinajstić information content (AvgIpc) is 3.21. The standard InChI is InChI=1S/C16H12FN3O2S/c17-13-4-2-1-3-10(13)5-12-6-11(8-23-12)14(21)7-15(22)16-18-9-19-20-16/h1-4,6-9,21H,5H2,(H,18,19,20). The molecule has 2 N–H and O–H groups in total. The lowest BCUT2D eigenvalue weighted by atomic mass is 10.1. The second-order valence-electron chi connectivity index (χ2n) is 4.80. The molecular formula is C16H12FN3O2S. The number of carbonyl (C=O) groups excluding carboxylic acids is 1. The summed E-state index contributed by atoms with van der Waals surface area (Å²) in [6.07, 6.45) is 2.73. The quantitative estimate of drug-likeness (QED) is 0.427. The summed E-state index contributed by atoms with van der Waals surface area (Å²) in [5, 5.41) is 17.8. The lowest BCUT2D eigenvalue weighted by molar-refractivity contribution is 0.103. The summed E-state index contributed by atoms with van der Waals surface area (Å²) >= 11 is 1.39. The molecule has 0 saturated carbocycles. The van der Waals surface area contributed by atoms with Crippen LogP contribution in [0.3, 0.4) is 0 Å². The molecule has 2 heterocycles. The molecule has 3 rings (SSSR count). The van der Waals surface area contributed by atoms with E-state index in [4.69, 9.17) is 0 Å². The fraction of sp³-hybridized carbons (Fsp3) is 0.0625. The number of allylic oxidation sites excluding steroid dienone is 1. The molecule has 0 aliphatic heterocycles. The van der Waals surface area contributed by atoms with Crippen LogP contribution in [0.5, 0.6) is 0 Å². The number of rotatable bonds is 5. The first-order valence-corrected chi connectivity index (χ1v) is 7.63. The number of benzene rings is 1. The van der Waals surface area contributed by atoms with E-state index in [2.05, 4.69) is 15.2 Å². The molecule has 0 spiro atoms. The van der Waals surface area contributed by atoms with Crippen molar-refractivity contribution in [3.05, 3.63) is 75.8 Å². The molecule has 0 aliphatic rings. The Kier molecular flexibility index (Phi) is 4.29. The summed E-state index contributed by atoms with van der Waals surface area (Å²) in [5.74, 6) is -0.842. The summed E-state index contributed by atoms with van der Waals surface area (Å²) in [5.41, 5.74) is 1.09. The van der Waals surface area contributed by atoms with Crippen LogP contribution in [0.2, 0.25) is 0 Å². The van der Waals surface area contributed by atoms with Crippen molar-refractivity contribution in [1.82, 2.24) is 15.2 Å². The minimum Gasteiger partial charge on any atom is -0.507 e. The van der Waals surface area contributed by atoms with Gasteiger partial charge in [0.1, 0.15) is 17.9 Å². The maximum atomic E-state index is 13.7. The Balaban J connectivity index is 1.76. The third kappa shape index (κ3) is 3.51. The zero-order chi connectivity index (χ0) is 16.2. The van der Waals surface area contributed by atoms with Crippen molar-refractivity contribution in [1.29, 1.82) is 0 Å². The summed E-state index contributed by atoms with van der Waals surface area (Å²) in [7, 11) is 0. The van der Waals surface area contributed by atoms with Gasteiger partial charge in [-0.1, -0.05) is 18.2 Å². The van der Waals surface area contributed by atoms with Crippen molar-refractivity contribution < 1.29 is 14.3 Å². The Hall–Kier alpha value is -2.80. The summed E-state index contributed by atoms with van der Waals surface area (Å²) in [4.78, 5) is 16.4. The molecule has 0 bridgehead atoms. The van der Waals surface area contributed by atoms with E-state index in [1.54, 1.807) is 29.6 Å². The molecule has 2 aromatic heterocycles. The van der Waals surface area contributed by atoms with E-state index < -0.39 is 5.78 Å².